The molecule has 0 fully saturated rings. The number of aliphatic hydroxyl groups is 3. The van der Waals surface area contributed by atoms with Crippen LogP contribution in [-0.4, -0.2) is 45.6 Å². The van der Waals surface area contributed by atoms with Crippen LogP contribution in [0.1, 0.15) is 5.56 Å². The van der Waals surface area contributed by atoms with Crippen molar-refractivity contribution in [1.29, 1.82) is 0 Å². The molecule has 4 N–H and O–H groups in total. The van der Waals surface area contributed by atoms with E-state index in [0.29, 0.717) is 6.07 Å². The van der Waals surface area contributed by atoms with Gasteiger partial charge in [-0.05, 0) is 6.07 Å². The fourth-order valence-electron chi connectivity index (χ4n) is 1.54. The Bertz CT molecular complexity index is 509. The molecule has 0 saturated heterocycles. The number of rotatable bonds is 6. The Labute approximate surface area is 116 Å². The molecule has 0 bridgehead atoms. The molecule has 0 unspecified atom stereocenters. The highest BCUT2D eigenvalue weighted by atomic mass is 19.4. The van der Waals surface area contributed by atoms with E-state index in [1.807, 2.05) is 0 Å². The Morgan fingerprint density at radius 2 is 1.67 bits per heavy atom. The quantitative estimate of drug-likeness (QED) is 0.455. The highest BCUT2D eigenvalue weighted by molar-refractivity contribution is 5.58. The van der Waals surface area contributed by atoms with E-state index in [9.17, 15) is 23.3 Å². The minimum Gasteiger partial charge on any atom is -0.394 e. The van der Waals surface area contributed by atoms with E-state index in [1.54, 1.807) is 0 Å². The molecule has 0 amide bonds. The van der Waals surface area contributed by atoms with Crippen LogP contribution in [0.4, 0.5) is 24.5 Å². The van der Waals surface area contributed by atoms with E-state index in [2.05, 4.69) is 5.32 Å². The molecule has 118 valence electrons. The number of halogens is 3. The lowest BCUT2D eigenvalue weighted by Crippen LogP contribution is -2.49. The third kappa shape index (κ3) is 3.80. The smallest absolute Gasteiger partial charge is 0.394 e. The van der Waals surface area contributed by atoms with Crippen LogP contribution in [0.15, 0.2) is 18.2 Å². The molecule has 1 rings (SSSR count). The van der Waals surface area contributed by atoms with Crippen molar-refractivity contribution in [2.24, 2.45) is 0 Å². The number of benzene rings is 1. The number of nitrogens with one attached hydrogen (secondary N) is 1. The van der Waals surface area contributed by atoms with Crippen LogP contribution in [0.2, 0.25) is 0 Å². The van der Waals surface area contributed by atoms with Crippen molar-refractivity contribution in [3.05, 3.63) is 33.9 Å². The standard InChI is InChI=1S/C11H13F3N2O5/c12-11(13,14)8-3-7(16(20)21)1-2-9(8)15-10(4-17,5-18)6-19/h1-3,15,17-19H,4-6H2. The first-order chi connectivity index (χ1) is 9.69. The van der Waals surface area contributed by atoms with Gasteiger partial charge in [-0.1, -0.05) is 0 Å². The molecular formula is C11H13F3N2O5. The summed E-state index contributed by atoms with van der Waals surface area (Å²) in [4.78, 5) is 9.57. The highest BCUT2D eigenvalue weighted by Crippen LogP contribution is 2.38. The molecule has 0 radical (unpaired) electrons. The van der Waals surface area contributed by atoms with Crippen molar-refractivity contribution in [2.45, 2.75) is 11.7 Å². The number of aliphatic hydroxyl groups excluding tert-OH is 3. The maximum atomic E-state index is 12.9. The zero-order valence-electron chi connectivity index (χ0n) is 10.6. The van der Waals surface area contributed by atoms with Gasteiger partial charge in [-0.2, -0.15) is 13.2 Å². The molecule has 1 aromatic rings. The van der Waals surface area contributed by atoms with Crippen LogP contribution in [0, 0.1) is 10.1 Å². The van der Waals surface area contributed by atoms with Crippen LogP contribution in [0.3, 0.4) is 0 Å². The Kier molecular flexibility index (Phi) is 5.10. The maximum absolute atomic E-state index is 12.9. The fraction of sp³-hybridized carbons (Fsp3) is 0.455. The van der Waals surface area contributed by atoms with Gasteiger partial charge in [0.2, 0.25) is 0 Å². The SMILES string of the molecule is O=[N+]([O-])c1ccc(NC(CO)(CO)CO)c(C(F)(F)F)c1. The predicted molar refractivity (Wildman–Crippen MR) is 65.7 cm³/mol. The molecule has 0 aliphatic carbocycles. The molecule has 0 aliphatic heterocycles. The van der Waals surface area contributed by atoms with Crippen LogP contribution in [-0.2, 0) is 6.18 Å². The average Bonchev–Trinajstić information content (AvgIpc) is 2.43. The molecular weight excluding hydrogens is 297 g/mol. The number of alkyl halides is 3. The van der Waals surface area contributed by atoms with Gasteiger partial charge < -0.3 is 20.6 Å². The lowest BCUT2D eigenvalue weighted by atomic mass is 10.0. The summed E-state index contributed by atoms with van der Waals surface area (Å²) in [6.45, 7) is -2.52. The summed E-state index contributed by atoms with van der Waals surface area (Å²) in [7, 11) is 0. The van der Waals surface area contributed by atoms with Gasteiger partial charge in [-0.15, -0.1) is 0 Å². The summed E-state index contributed by atoms with van der Waals surface area (Å²) in [5, 5.41) is 40.0. The molecule has 0 saturated carbocycles. The minimum atomic E-state index is -4.89. The zero-order valence-corrected chi connectivity index (χ0v) is 10.6. The Hall–Kier alpha value is -1.91. The minimum absolute atomic E-state index is 0.333. The van der Waals surface area contributed by atoms with E-state index in [-0.39, 0.29) is 0 Å². The second-order valence-electron chi connectivity index (χ2n) is 4.36. The predicted octanol–water partition coefficient (Wildman–Crippen LogP) is 0.741. The van der Waals surface area contributed by atoms with E-state index in [1.165, 1.54) is 0 Å². The van der Waals surface area contributed by atoms with E-state index >= 15 is 0 Å². The number of nitrogens with zero attached hydrogens (tertiary/aromatic N) is 1. The monoisotopic (exact) mass is 310 g/mol. The molecule has 0 atom stereocenters. The topological polar surface area (TPSA) is 116 Å². The highest BCUT2D eigenvalue weighted by Gasteiger charge is 2.38. The van der Waals surface area contributed by atoms with Gasteiger partial charge in [0.1, 0.15) is 5.54 Å². The summed E-state index contributed by atoms with van der Waals surface area (Å²) < 4.78 is 38.8. The molecule has 21 heavy (non-hydrogen) atoms. The summed E-state index contributed by atoms with van der Waals surface area (Å²) in [5.74, 6) is 0. The normalized spacial score (nSPS) is 12.3. The Morgan fingerprint density at radius 1 is 1.14 bits per heavy atom. The first kappa shape index (κ1) is 17.1. The van der Waals surface area contributed by atoms with Gasteiger partial charge >= 0.3 is 6.18 Å². The van der Waals surface area contributed by atoms with Crippen molar-refractivity contribution >= 4 is 11.4 Å². The Balaban J connectivity index is 3.32. The van der Waals surface area contributed by atoms with Crippen LogP contribution >= 0.6 is 0 Å². The molecule has 7 nitrogen and oxygen atoms in total. The van der Waals surface area contributed by atoms with E-state index in [0.717, 1.165) is 12.1 Å². The van der Waals surface area contributed by atoms with Crippen molar-refractivity contribution in [3.8, 4) is 0 Å². The van der Waals surface area contributed by atoms with Crippen molar-refractivity contribution in [2.75, 3.05) is 25.1 Å². The van der Waals surface area contributed by atoms with Crippen LogP contribution in [0.5, 0.6) is 0 Å². The second kappa shape index (κ2) is 6.24. The first-order valence-corrected chi connectivity index (χ1v) is 5.65. The fourth-order valence-corrected chi connectivity index (χ4v) is 1.54. The summed E-state index contributed by atoms with van der Waals surface area (Å²) in [6, 6.07) is 1.98. The third-order valence-electron chi connectivity index (χ3n) is 2.83. The van der Waals surface area contributed by atoms with Crippen molar-refractivity contribution < 1.29 is 33.4 Å². The number of anilines is 1. The summed E-state index contributed by atoms with van der Waals surface area (Å²) in [6.07, 6.45) is -4.89. The lowest BCUT2D eigenvalue weighted by molar-refractivity contribution is -0.385. The maximum Gasteiger partial charge on any atom is 0.418 e. The number of hydrogen-bond acceptors (Lipinski definition) is 6. The van der Waals surface area contributed by atoms with Gasteiger partial charge in [0.15, 0.2) is 0 Å². The van der Waals surface area contributed by atoms with Gasteiger partial charge in [-0.3, -0.25) is 10.1 Å². The molecule has 0 aliphatic rings. The number of nitro benzene ring substituents is 1. The largest absolute Gasteiger partial charge is 0.418 e. The molecule has 10 heteroatoms. The molecule has 0 spiro atoms. The molecule has 1 aromatic carbocycles. The second-order valence-corrected chi connectivity index (χ2v) is 4.36. The van der Waals surface area contributed by atoms with E-state index in [4.69, 9.17) is 15.3 Å². The van der Waals surface area contributed by atoms with Gasteiger partial charge in [-0.25, -0.2) is 0 Å². The molecule has 0 aromatic heterocycles. The number of hydrogen-bond donors (Lipinski definition) is 4. The van der Waals surface area contributed by atoms with Gasteiger partial charge in [0.25, 0.3) is 5.69 Å². The number of nitro groups is 1. The van der Waals surface area contributed by atoms with Crippen molar-refractivity contribution in [1.82, 2.24) is 0 Å². The molecule has 0 heterocycles. The average molecular weight is 310 g/mol. The third-order valence-corrected chi connectivity index (χ3v) is 2.83. The van der Waals surface area contributed by atoms with Crippen LogP contribution < -0.4 is 5.32 Å². The lowest BCUT2D eigenvalue weighted by Gasteiger charge is -2.31. The Morgan fingerprint density at radius 3 is 2.05 bits per heavy atom. The number of non-ortho nitro benzene ring substituents is 1. The van der Waals surface area contributed by atoms with E-state index < -0.39 is 53.4 Å². The summed E-state index contributed by atoms with van der Waals surface area (Å²) in [5.41, 5.74) is -4.46. The zero-order chi connectivity index (χ0) is 16.3. The first-order valence-electron chi connectivity index (χ1n) is 5.65. The van der Waals surface area contributed by atoms with Gasteiger partial charge in [0, 0.05) is 17.8 Å². The van der Waals surface area contributed by atoms with Gasteiger partial charge in [0.05, 0.1) is 30.3 Å². The van der Waals surface area contributed by atoms with Crippen molar-refractivity contribution in [3.63, 3.8) is 0 Å². The van der Waals surface area contributed by atoms with Crippen LogP contribution in [0.25, 0.3) is 0 Å². The summed E-state index contributed by atoms with van der Waals surface area (Å²) >= 11 is 0.